The smallest absolute Gasteiger partial charge is 0.408 e. The molecule has 1 aromatic carbocycles. The molecule has 7 heteroatoms. The number of hydrogen-bond donors (Lipinski definition) is 2. The molecule has 0 bridgehead atoms. The molecule has 0 aliphatic rings. The molecule has 33 heavy (non-hydrogen) atoms. The molecule has 1 aromatic rings. The van der Waals surface area contributed by atoms with Crippen molar-refractivity contribution >= 4 is 17.9 Å². The molecule has 0 radical (unpaired) electrons. The number of carbonyl (C=O) groups is 3. The van der Waals surface area contributed by atoms with Gasteiger partial charge < -0.3 is 20.3 Å². The Hall–Kier alpha value is -2.57. The zero-order chi connectivity index (χ0) is 25.2. The Morgan fingerprint density at radius 1 is 0.970 bits per heavy atom. The second-order valence-electron chi connectivity index (χ2n) is 10.5. The van der Waals surface area contributed by atoms with Crippen molar-refractivity contribution in [3.05, 3.63) is 35.9 Å². The molecule has 0 aliphatic heterocycles. The quantitative estimate of drug-likeness (QED) is 0.482. The van der Waals surface area contributed by atoms with Gasteiger partial charge in [0.2, 0.25) is 11.8 Å². The van der Waals surface area contributed by atoms with Gasteiger partial charge in [0.25, 0.3) is 0 Å². The first-order chi connectivity index (χ1) is 15.2. The molecule has 1 rings (SSSR count). The molecule has 3 amide bonds. The number of unbranched alkanes of at least 4 members (excludes halogenated alkanes) is 3. The van der Waals surface area contributed by atoms with Crippen LogP contribution in [-0.4, -0.2) is 46.5 Å². The van der Waals surface area contributed by atoms with Crippen molar-refractivity contribution in [2.24, 2.45) is 0 Å². The van der Waals surface area contributed by atoms with E-state index in [-0.39, 0.29) is 11.8 Å². The Morgan fingerprint density at radius 3 is 2.09 bits per heavy atom. The number of carbonyl (C=O) groups excluding carboxylic acids is 3. The molecular weight excluding hydrogens is 418 g/mol. The summed E-state index contributed by atoms with van der Waals surface area (Å²) in [4.78, 5) is 40.8. The Kier molecular flexibility index (Phi) is 10.9. The van der Waals surface area contributed by atoms with Crippen LogP contribution in [-0.2, 0) is 14.3 Å². The minimum absolute atomic E-state index is 0.248. The van der Waals surface area contributed by atoms with Crippen molar-refractivity contribution in [3.8, 4) is 0 Å². The summed E-state index contributed by atoms with van der Waals surface area (Å²) in [7, 11) is 0. The number of benzene rings is 1. The van der Waals surface area contributed by atoms with Crippen molar-refractivity contribution in [1.82, 2.24) is 15.5 Å². The number of alkyl carbamates (subject to hydrolysis) is 1. The van der Waals surface area contributed by atoms with E-state index in [0.717, 1.165) is 31.2 Å². The van der Waals surface area contributed by atoms with Gasteiger partial charge in [0.1, 0.15) is 17.7 Å². The van der Waals surface area contributed by atoms with Crippen LogP contribution in [0, 0.1) is 0 Å². The van der Waals surface area contributed by atoms with Gasteiger partial charge in [0.15, 0.2) is 0 Å². The van der Waals surface area contributed by atoms with Crippen LogP contribution in [0.5, 0.6) is 0 Å². The van der Waals surface area contributed by atoms with Crippen LogP contribution >= 0.6 is 0 Å². The highest BCUT2D eigenvalue weighted by Gasteiger charge is 2.35. The second-order valence-corrected chi connectivity index (χ2v) is 10.5. The molecule has 0 saturated carbocycles. The highest BCUT2D eigenvalue weighted by Crippen LogP contribution is 2.24. The molecule has 0 spiro atoms. The molecule has 0 fully saturated rings. The monoisotopic (exact) mass is 461 g/mol. The van der Waals surface area contributed by atoms with E-state index >= 15 is 0 Å². The first-order valence-electron chi connectivity index (χ1n) is 11.9. The molecule has 2 N–H and O–H groups in total. The van der Waals surface area contributed by atoms with Gasteiger partial charge in [-0.2, -0.15) is 0 Å². The van der Waals surface area contributed by atoms with Crippen LogP contribution in [0.1, 0.15) is 92.7 Å². The molecule has 7 nitrogen and oxygen atoms in total. The summed E-state index contributed by atoms with van der Waals surface area (Å²) < 4.78 is 5.31. The molecular formula is C26H43N3O4. The SMILES string of the molecule is CCCCCCN(C(=O)C(C)NC(=O)OC(C)(C)C)C(C(=O)NC(C)(C)C)c1ccccc1. The first-order valence-corrected chi connectivity index (χ1v) is 11.9. The summed E-state index contributed by atoms with van der Waals surface area (Å²) >= 11 is 0. The van der Waals surface area contributed by atoms with Gasteiger partial charge in [-0.25, -0.2) is 4.79 Å². The van der Waals surface area contributed by atoms with E-state index in [1.54, 1.807) is 32.6 Å². The second kappa shape index (κ2) is 12.6. The van der Waals surface area contributed by atoms with Gasteiger partial charge in [0.05, 0.1) is 0 Å². The van der Waals surface area contributed by atoms with Crippen molar-refractivity contribution in [1.29, 1.82) is 0 Å². The number of nitrogens with zero attached hydrogens (tertiary/aromatic N) is 1. The Morgan fingerprint density at radius 2 is 1.58 bits per heavy atom. The van der Waals surface area contributed by atoms with Crippen LogP contribution in [0.3, 0.4) is 0 Å². The molecule has 0 heterocycles. The highest BCUT2D eigenvalue weighted by atomic mass is 16.6. The average molecular weight is 462 g/mol. The number of amides is 3. The first kappa shape index (κ1) is 28.5. The summed E-state index contributed by atoms with van der Waals surface area (Å²) in [6.07, 6.45) is 3.18. The third-order valence-corrected chi connectivity index (χ3v) is 4.81. The van der Waals surface area contributed by atoms with Gasteiger partial charge in [-0.3, -0.25) is 9.59 Å². The van der Waals surface area contributed by atoms with Gasteiger partial charge in [-0.1, -0.05) is 56.5 Å². The maximum Gasteiger partial charge on any atom is 0.408 e. The van der Waals surface area contributed by atoms with Gasteiger partial charge in [0, 0.05) is 12.1 Å². The van der Waals surface area contributed by atoms with Crippen LogP contribution < -0.4 is 10.6 Å². The molecule has 0 aromatic heterocycles. The third kappa shape index (κ3) is 10.7. The maximum atomic E-state index is 13.6. The van der Waals surface area contributed by atoms with Crippen molar-refractivity contribution < 1.29 is 19.1 Å². The fraction of sp³-hybridized carbons (Fsp3) is 0.654. The van der Waals surface area contributed by atoms with Gasteiger partial charge in [-0.05, 0) is 60.5 Å². The van der Waals surface area contributed by atoms with Crippen molar-refractivity contribution in [3.63, 3.8) is 0 Å². The van der Waals surface area contributed by atoms with Crippen molar-refractivity contribution in [2.75, 3.05) is 6.54 Å². The summed E-state index contributed by atoms with van der Waals surface area (Å²) in [5.41, 5.74) is -0.402. The van der Waals surface area contributed by atoms with Crippen LogP contribution in [0.4, 0.5) is 4.79 Å². The number of nitrogens with one attached hydrogen (secondary N) is 2. The number of rotatable bonds is 10. The number of hydrogen-bond acceptors (Lipinski definition) is 4. The zero-order valence-corrected chi connectivity index (χ0v) is 21.7. The topological polar surface area (TPSA) is 87.7 Å². The van der Waals surface area contributed by atoms with E-state index in [0.29, 0.717) is 6.54 Å². The lowest BCUT2D eigenvalue weighted by atomic mass is 10.0. The van der Waals surface area contributed by atoms with Crippen LogP contribution in [0.25, 0.3) is 0 Å². The standard InChI is InChI=1S/C26H43N3O4/c1-9-10-11-15-18-29(23(31)19(2)27-24(32)33-26(6,7)8)21(20-16-13-12-14-17-20)22(30)28-25(3,4)5/h12-14,16-17,19,21H,9-11,15,18H2,1-8H3,(H,27,32)(H,28,30). The van der Waals surface area contributed by atoms with E-state index in [1.807, 2.05) is 51.1 Å². The average Bonchev–Trinajstić information content (AvgIpc) is 2.67. The van der Waals surface area contributed by atoms with E-state index in [4.69, 9.17) is 4.74 Å². The van der Waals surface area contributed by atoms with E-state index in [1.165, 1.54) is 0 Å². The predicted molar refractivity (Wildman–Crippen MR) is 132 cm³/mol. The maximum absolute atomic E-state index is 13.6. The van der Waals surface area contributed by atoms with Gasteiger partial charge >= 0.3 is 6.09 Å². The highest BCUT2D eigenvalue weighted by molar-refractivity contribution is 5.92. The molecule has 0 saturated heterocycles. The van der Waals surface area contributed by atoms with E-state index in [2.05, 4.69) is 17.6 Å². The lowest BCUT2D eigenvalue weighted by Gasteiger charge is -2.35. The lowest BCUT2D eigenvalue weighted by molar-refractivity contribution is -0.142. The molecule has 186 valence electrons. The summed E-state index contributed by atoms with van der Waals surface area (Å²) in [5, 5.41) is 5.65. The van der Waals surface area contributed by atoms with Gasteiger partial charge in [-0.15, -0.1) is 0 Å². The fourth-order valence-corrected chi connectivity index (χ4v) is 3.42. The zero-order valence-electron chi connectivity index (χ0n) is 21.7. The fourth-order valence-electron chi connectivity index (χ4n) is 3.42. The summed E-state index contributed by atoms with van der Waals surface area (Å²) in [5.74, 6) is -0.572. The summed E-state index contributed by atoms with van der Waals surface area (Å²) in [6.45, 7) is 15.2. The van der Waals surface area contributed by atoms with Crippen molar-refractivity contribution in [2.45, 2.75) is 104 Å². The predicted octanol–water partition coefficient (Wildman–Crippen LogP) is 4.96. The molecule has 0 aliphatic carbocycles. The lowest BCUT2D eigenvalue weighted by Crippen LogP contribution is -2.54. The number of ether oxygens (including phenoxy) is 1. The minimum Gasteiger partial charge on any atom is -0.444 e. The molecule has 2 atom stereocenters. The van der Waals surface area contributed by atoms with Crippen LogP contribution in [0.15, 0.2) is 30.3 Å². The normalized spacial score (nSPS) is 13.6. The Balaban J connectivity index is 3.25. The van der Waals surface area contributed by atoms with Crippen LogP contribution in [0.2, 0.25) is 0 Å². The Bertz CT molecular complexity index is 766. The largest absolute Gasteiger partial charge is 0.444 e. The van der Waals surface area contributed by atoms with E-state index in [9.17, 15) is 14.4 Å². The summed E-state index contributed by atoms with van der Waals surface area (Å²) in [6, 6.07) is 7.64. The van der Waals surface area contributed by atoms with E-state index < -0.39 is 29.3 Å². The minimum atomic E-state index is -0.848. The third-order valence-electron chi connectivity index (χ3n) is 4.81. The Labute approximate surface area is 199 Å². The molecule has 2 unspecified atom stereocenters.